The van der Waals surface area contributed by atoms with Gasteiger partial charge in [-0.1, -0.05) is 552 Å². The number of hydrogen-bond donors (Lipinski definition) is 0. The second kappa shape index (κ2) is 38.9. The van der Waals surface area contributed by atoms with E-state index >= 15 is 0 Å². The molecule has 0 spiro atoms. The predicted molar refractivity (Wildman–Crippen MR) is 646 cm³/mol. The topological polar surface area (TPSA) is 0 Å². The van der Waals surface area contributed by atoms with E-state index in [2.05, 4.69) is 595 Å². The summed E-state index contributed by atoms with van der Waals surface area (Å²) >= 11 is 0. The Morgan fingerprint density at radius 1 is 0.0667 bits per heavy atom. The SMILES string of the molecule is c1cc(-c2ccc3c(-c4cccc5ccccc45)c4ccccc4c(-c4ccc(-c5ccc6ccccc6c5)cc4)c3c2)cc(-c2cccc3ccccc23)c1.c1ccc(-c2c3ccccc3c(-c3ccccc3)c3cc(-c4ccccc4-c4cccc5ccccc45)ccc23)cc1.c1ccc(-c2cccc(-c3c4ccccc4c(-c4cccc5ccccc45)c4ccc(-c5cccc(-c6cccc7ccccc67)c5)cc34)c2)cc1. The lowest BCUT2D eigenvalue weighted by Crippen LogP contribution is -1.93. The Balaban J connectivity index is 0.000000112. The lowest BCUT2D eigenvalue weighted by Gasteiger charge is -2.20. The van der Waals surface area contributed by atoms with Crippen LogP contribution in [0.4, 0.5) is 0 Å². The number of fused-ring (bicyclic) bond motifs is 12. The van der Waals surface area contributed by atoms with Crippen molar-refractivity contribution < 1.29 is 0 Å². The van der Waals surface area contributed by atoms with Crippen LogP contribution in [0, 0.1) is 0 Å². The van der Waals surface area contributed by atoms with Crippen molar-refractivity contribution >= 4 is 129 Å². The van der Waals surface area contributed by atoms with Crippen LogP contribution in [0.3, 0.4) is 0 Å². The third-order valence-electron chi connectivity index (χ3n) is 30.7. The number of benzene rings is 29. The van der Waals surface area contributed by atoms with E-state index in [1.54, 1.807) is 0 Å². The maximum absolute atomic E-state index is 2.44. The van der Waals surface area contributed by atoms with Crippen LogP contribution in [0.5, 0.6) is 0 Å². The maximum atomic E-state index is 2.44. The Morgan fingerprint density at radius 2 is 0.273 bits per heavy atom. The molecule has 0 aliphatic heterocycles. The van der Waals surface area contributed by atoms with Gasteiger partial charge in [-0.2, -0.15) is 0 Å². The van der Waals surface area contributed by atoms with Crippen molar-refractivity contribution in [3.63, 3.8) is 0 Å². The van der Waals surface area contributed by atoms with Gasteiger partial charge in [0.05, 0.1) is 0 Å². The van der Waals surface area contributed by atoms with E-state index < -0.39 is 0 Å². The first-order chi connectivity index (χ1) is 74.4. The number of hydrogen-bond acceptors (Lipinski definition) is 0. The summed E-state index contributed by atoms with van der Waals surface area (Å²) in [5.74, 6) is 0. The zero-order chi connectivity index (χ0) is 99.3. The molecular formula is C150H98. The molecule has 698 valence electrons. The molecule has 0 radical (unpaired) electrons. The molecule has 0 atom stereocenters. The minimum absolute atomic E-state index is 1.20. The van der Waals surface area contributed by atoms with Gasteiger partial charge < -0.3 is 0 Å². The molecule has 0 saturated carbocycles. The molecule has 0 unspecified atom stereocenters. The van der Waals surface area contributed by atoms with Gasteiger partial charge in [0.2, 0.25) is 0 Å². The third-order valence-corrected chi connectivity index (χ3v) is 30.7. The van der Waals surface area contributed by atoms with Crippen molar-refractivity contribution in [3.8, 4) is 156 Å². The third kappa shape index (κ3) is 16.4. The molecule has 0 saturated heterocycles. The van der Waals surface area contributed by atoms with E-state index in [4.69, 9.17) is 0 Å². The van der Waals surface area contributed by atoms with Crippen molar-refractivity contribution in [1.82, 2.24) is 0 Å². The lowest BCUT2D eigenvalue weighted by molar-refractivity contribution is 1.60. The second-order valence-electron chi connectivity index (χ2n) is 39.3. The van der Waals surface area contributed by atoms with Crippen molar-refractivity contribution in [2.45, 2.75) is 0 Å². The molecular weight excluding hydrogens is 1800 g/mol. The van der Waals surface area contributed by atoms with Crippen molar-refractivity contribution in [3.05, 3.63) is 595 Å². The molecule has 0 bridgehead atoms. The van der Waals surface area contributed by atoms with E-state index in [0.717, 1.165) is 0 Å². The normalized spacial score (nSPS) is 11.5. The van der Waals surface area contributed by atoms with Gasteiger partial charge in [0, 0.05) is 0 Å². The minimum Gasteiger partial charge on any atom is -0.0622 e. The number of rotatable bonds is 14. The van der Waals surface area contributed by atoms with E-state index in [0.29, 0.717) is 0 Å². The summed E-state index contributed by atoms with van der Waals surface area (Å²) in [7, 11) is 0. The van der Waals surface area contributed by atoms with Gasteiger partial charge in [-0.25, -0.2) is 0 Å². The average molecular weight is 1900 g/mol. The van der Waals surface area contributed by atoms with Crippen LogP contribution in [-0.2, 0) is 0 Å². The van der Waals surface area contributed by atoms with E-state index in [1.807, 2.05) is 0 Å². The predicted octanol–water partition coefficient (Wildman–Crippen LogP) is 42.2. The first-order valence-corrected chi connectivity index (χ1v) is 52.0. The Kier molecular flexibility index (Phi) is 23.2. The Bertz CT molecular complexity index is 10300. The Labute approximate surface area is 873 Å². The van der Waals surface area contributed by atoms with Crippen molar-refractivity contribution in [1.29, 1.82) is 0 Å². The lowest BCUT2D eigenvalue weighted by atomic mass is 9.83. The fourth-order valence-electron chi connectivity index (χ4n) is 23.8. The first kappa shape index (κ1) is 89.4. The van der Waals surface area contributed by atoms with Gasteiger partial charge in [-0.05, 0) is 328 Å². The summed E-state index contributed by atoms with van der Waals surface area (Å²) in [4.78, 5) is 0. The fourth-order valence-corrected chi connectivity index (χ4v) is 23.8. The largest absolute Gasteiger partial charge is 0.0622 e. The summed E-state index contributed by atoms with van der Waals surface area (Å²) in [5.41, 5.74) is 34.7. The van der Waals surface area contributed by atoms with Crippen LogP contribution < -0.4 is 0 Å². The first-order valence-electron chi connectivity index (χ1n) is 52.0. The molecule has 29 aromatic carbocycles. The van der Waals surface area contributed by atoms with Crippen LogP contribution in [0.1, 0.15) is 0 Å². The van der Waals surface area contributed by atoms with Gasteiger partial charge in [0.1, 0.15) is 0 Å². The molecule has 0 fully saturated rings. The van der Waals surface area contributed by atoms with Gasteiger partial charge in [-0.15, -0.1) is 0 Å². The monoisotopic (exact) mass is 1900 g/mol. The van der Waals surface area contributed by atoms with E-state index in [1.165, 1.54) is 285 Å². The highest BCUT2D eigenvalue weighted by atomic mass is 14.3. The quantitative estimate of drug-likeness (QED) is 0.0952. The molecule has 0 aliphatic rings. The molecule has 0 nitrogen and oxygen atoms in total. The maximum Gasteiger partial charge on any atom is -0.00201 e. The van der Waals surface area contributed by atoms with Gasteiger partial charge in [-0.3, -0.25) is 0 Å². The molecule has 29 aromatic rings. The highest BCUT2D eigenvalue weighted by Crippen LogP contribution is 2.53. The van der Waals surface area contributed by atoms with Crippen LogP contribution in [-0.4, -0.2) is 0 Å². The Morgan fingerprint density at radius 3 is 0.713 bits per heavy atom. The molecule has 0 heteroatoms. The van der Waals surface area contributed by atoms with Gasteiger partial charge >= 0.3 is 0 Å². The summed E-state index contributed by atoms with van der Waals surface area (Å²) in [6, 6.07) is 218. The van der Waals surface area contributed by atoms with Crippen LogP contribution >= 0.6 is 0 Å². The van der Waals surface area contributed by atoms with Crippen molar-refractivity contribution in [2.24, 2.45) is 0 Å². The van der Waals surface area contributed by atoms with Gasteiger partial charge in [0.25, 0.3) is 0 Å². The molecule has 0 aromatic heterocycles. The van der Waals surface area contributed by atoms with E-state index in [9.17, 15) is 0 Å². The van der Waals surface area contributed by atoms with Gasteiger partial charge in [0.15, 0.2) is 0 Å². The summed E-state index contributed by atoms with van der Waals surface area (Å²) in [5, 5.41) is 30.2. The standard InChI is InChI=1S/C56H36.C52H34.C42H28/c1-2-15-42-34-44(31-28-37(42)12-1)38-26-29-41(30-27-38)55-51-22-7-8-23-52(51)56(50-25-11-17-40-14-4-6-21-48(40)50)53-33-32-45(36-54(53)55)43-18-9-19-46(35-43)49-24-10-16-39-13-3-5-20-47(39)49;1-2-14-35(15-3-1)38-20-11-23-42(33-38)51-47-26-8-9-27-48(47)52(46-29-13-19-37-17-5-7-25-44(37)46)49-31-30-40(34-50(49)51)39-21-10-22-41(32-39)45-28-12-18-36-16-4-6-24-43(36)45;1-3-15-30(16-4-1)41-37-23-11-12-24-38(37)42(31-17-5-2-6-18-31)40-28-32(26-27-39(40)41)34-21-9-10-22-35(34)36-25-13-19-29-14-7-8-20-33(29)36/h1-36H;1-34H;1-28H. The zero-order valence-electron chi connectivity index (χ0n) is 82.6. The molecule has 0 aliphatic carbocycles. The van der Waals surface area contributed by atoms with Crippen LogP contribution in [0.2, 0.25) is 0 Å². The average Bonchev–Trinajstić information content (AvgIpc) is 0.730. The fraction of sp³-hybridized carbons (Fsp3) is 0. The van der Waals surface area contributed by atoms with Crippen LogP contribution in [0.15, 0.2) is 595 Å². The summed E-state index contributed by atoms with van der Waals surface area (Å²) in [6.07, 6.45) is 0. The summed E-state index contributed by atoms with van der Waals surface area (Å²) < 4.78 is 0. The molecule has 0 heterocycles. The molecule has 150 heavy (non-hydrogen) atoms. The molecule has 29 rings (SSSR count). The second-order valence-corrected chi connectivity index (χ2v) is 39.3. The molecule has 0 N–H and O–H groups in total. The minimum atomic E-state index is 1.20. The highest BCUT2D eigenvalue weighted by molar-refractivity contribution is 6.28. The smallest absolute Gasteiger partial charge is 0.00201 e. The van der Waals surface area contributed by atoms with E-state index in [-0.39, 0.29) is 0 Å². The summed E-state index contributed by atoms with van der Waals surface area (Å²) in [6.45, 7) is 0. The zero-order valence-corrected chi connectivity index (χ0v) is 82.6. The van der Waals surface area contributed by atoms with Crippen molar-refractivity contribution in [2.75, 3.05) is 0 Å². The highest BCUT2D eigenvalue weighted by Gasteiger charge is 2.26. The molecule has 0 amide bonds. The Hall–Kier alpha value is -19.5. The van der Waals surface area contributed by atoms with Crippen LogP contribution in [0.25, 0.3) is 285 Å².